The van der Waals surface area contributed by atoms with Gasteiger partial charge in [0.25, 0.3) is 5.91 Å². The first-order chi connectivity index (χ1) is 8.74. The van der Waals surface area contributed by atoms with Gasteiger partial charge in [0.15, 0.2) is 0 Å². The molecule has 1 aromatic rings. The topological polar surface area (TPSA) is 119 Å². The lowest BCUT2D eigenvalue weighted by Crippen LogP contribution is -2.29. The van der Waals surface area contributed by atoms with Gasteiger partial charge in [-0.2, -0.15) is 5.10 Å². The predicted molar refractivity (Wildman–Crippen MR) is 67.7 cm³/mol. The number of nitrogens with zero attached hydrogens (tertiary/aromatic N) is 2. The molecule has 8 nitrogen and oxygen atoms in total. The summed E-state index contributed by atoms with van der Waals surface area (Å²) < 4.78 is 6.34. The SMILES string of the molecule is CC(C)(C)OC(=O)Nc1c(C(N)=O)cnn1CCO. The van der Waals surface area contributed by atoms with Crippen LogP contribution in [0.3, 0.4) is 0 Å². The summed E-state index contributed by atoms with van der Waals surface area (Å²) in [7, 11) is 0. The standard InChI is InChI=1S/C11H18N4O4/c1-11(2,3)19-10(18)14-9-7(8(12)17)6-13-15(9)4-5-16/h6,16H,4-5H2,1-3H3,(H2,12,17)(H,14,18). The van der Waals surface area contributed by atoms with E-state index in [4.69, 9.17) is 15.6 Å². The fraction of sp³-hybridized carbons (Fsp3) is 0.545. The van der Waals surface area contributed by atoms with E-state index < -0.39 is 17.6 Å². The Morgan fingerprint density at radius 2 is 2.16 bits per heavy atom. The number of nitrogens with one attached hydrogen (secondary N) is 1. The molecule has 4 N–H and O–H groups in total. The minimum absolute atomic E-state index is 0.0549. The summed E-state index contributed by atoms with van der Waals surface area (Å²) in [4.78, 5) is 22.9. The Labute approximate surface area is 110 Å². The Morgan fingerprint density at radius 1 is 1.53 bits per heavy atom. The summed E-state index contributed by atoms with van der Waals surface area (Å²) in [6, 6.07) is 0. The third kappa shape index (κ3) is 4.25. The van der Waals surface area contributed by atoms with Crippen LogP contribution in [0.5, 0.6) is 0 Å². The molecule has 0 aliphatic carbocycles. The highest BCUT2D eigenvalue weighted by atomic mass is 16.6. The molecule has 0 aliphatic heterocycles. The van der Waals surface area contributed by atoms with Crippen molar-refractivity contribution in [2.75, 3.05) is 11.9 Å². The summed E-state index contributed by atoms with van der Waals surface area (Å²) in [5.41, 5.74) is 4.57. The third-order valence-electron chi connectivity index (χ3n) is 2.04. The van der Waals surface area contributed by atoms with Crippen molar-refractivity contribution in [2.45, 2.75) is 32.9 Å². The minimum Gasteiger partial charge on any atom is -0.444 e. The second-order valence-electron chi connectivity index (χ2n) is 4.84. The molecular weight excluding hydrogens is 252 g/mol. The van der Waals surface area contributed by atoms with Gasteiger partial charge < -0.3 is 15.6 Å². The van der Waals surface area contributed by atoms with Gasteiger partial charge in [-0.15, -0.1) is 0 Å². The van der Waals surface area contributed by atoms with E-state index in [-0.39, 0.29) is 24.5 Å². The second kappa shape index (κ2) is 5.70. The van der Waals surface area contributed by atoms with Gasteiger partial charge in [-0.1, -0.05) is 0 Å². The number of primary amides is 1. The lowest BCUT2D eigenvalue weighted by atomic mass is 10.2. The van der Waals surface area contributed by atoms with Crippen LogP contribution in [0.25, 0.3) is 0 Å². The van der Waals surface area contributed by atoms with E-state index in [1.54, 1.807) is 20.8 Å². The first-order valence-electron chi connectivity index (χ1n) is 5.71. The van der Waals surface area contributed by atoms with Gasteiger partial charge in [0.1, 0.15) is 17.0 Å². The van der Waals surface area contributed by atoms with Crippen molar-refractivity contribution in [2.24, 2.45) is 5.73 Å². The number of aliphatic hydroxyl groups excluding tert-OH is 1. The molecule has 0 fully saturated rings. The Balaban J connectivity index is 2.94. The number of hydrogen-bond acceptors (Lipinski definition) is 5. The molecule has 0 bridgehead atoms. The van der Waals surface area contributed by atoms with Crippen LogP contribution in [0.2, 0.25) is 0 Å². The van der Waals surface area contributed by atoms with Crippen molar-refractivity contribution < 1.29 is 19.4 Å². The number of ether oxygens (including phenoxy) is 1. The van der Waals surface area contributed by atoms with Gasteiger partial charge in [0.2, 0.25) is 0 Å². The van der Waals surface area contributed by atoms with Gasteiger partial charge in [0.05, 0.1) is 19.3 Å². The van der Waals surface area contributed by atoms with Crippen molar-refractivity contribution in [1.82, 2.24) is 9.78 Å². The smallest absolute Gasteiger partial charge is 0.413 e. The fourth-order valence-electron chi connectivity index (χ4n) is 1.36. The predicted octanol–water partition coefficient (Wildman–Crippen LogP) is 0.321. The molecule has 0 aliphatic rings. The van der Waals surface area contributed by atoms with Gasteiger partial charge in [-0.25, -0.2) is 9.48 Å². The zero-order valence-corrected chi connectivity index (χ0v) is 11.1. The molecule has 0 unspecified atom stereocenters. The highest BCUT2D eigenvalue weighted by Crippen LogP contribution is 2.16. The van der Waals surface area contributed by atoms with E-state index in [0.29, 0.717) is 0 Å². The van der Waals surface area contributed by atoms with Crippen LogP contribution < -0.4 is 11.1 Å². The molecule has 8 heteroatoms. The zero-order chi connectivity index (χ0) is 14.6. The van der Waals surface area contributed by atoms with Crippen molar-refractivity contribution in [3.05, 3.63) is 11.8 Å². The lowest BCUT2D eigenvalue weighted by molar-refractivity contribution is 0.0634. The summed E-state index contributed by atoms with van der Waals surface area (Å²) in [5, 5.41) is 15.2. The lowest BCUT2D eigenvalue weighted by Gasteiger charge is -2.20. The molecule has 106 valence electrons. The number of anilines is 1. The largest absolute Gasteiger partial charge is 0.444 e. The second-order valence-corrected chi connectivity index (χ2v) is 4.84. The van der Waals surface area contributed by atoms with E-state index in [2.05, 4.69) is 10.4 Å². The molecule has 1 rings (SSSR count). The maximum atomic E-state index is 11.7. The molecular formula is C11H18N4O4. The highest BCUT2D eigenvalue weighted by Gasteiger charge is 2.21. The summed E-state index contributed by atoms with van der Waals surface area (Å²) in [5.74, 6) is -0.619. The number of nitrogens with two attached hydrogens (primary N) is 1. The summed E-state index contributed by atoms with van der Waals surface area (Å²) in [6.45, 7) is 5.08. The number of aliphatic hydroxyl groups is 1. The van der Waals surface area contributed by atoms with Crippen molar-refractivity contribution in [3.8, 4) is 0 Å². The molecule has 0 atom stereocenters. The average molecular weight is 270 g/mol. The first kappa shape index (κ1) is 15.0. The quantitative estimate of drug-likeness (QED) is 0.727. The summed E-state index contributed by atoms with van der Waals surface area (Å²) in [6.07, 6.45) is 0.500. The maximum Gasteiger partial charge on any atom is 0.413 e. The van der Waals surface area contributed by atoms with Crippen molar-refractivity contribution in [3.63, 3.8) is 0 Å². The van der Waals surface area contributed by atoms with Crippen molar-refractivity contribution >= 4 is 17.8 Å². The maximum absolute atomic E-state index is 11.7. The Kier molecular flexibility index (Phi) is 4.49. The first-order valence-corrected chi connectivity index (χ1v) is 5.71. The van der Waals surface area contributed by atoms with Gasteiger partial charge in [-0.3, -0.25) is 10.1 Å². The van der Waals surface area contributed by atoms with E-state index in [0.717, 1.165) is 0 Å². The fourth-order valence-corrected chi connectivity index (χ4v) is 1.36. The number of carbonyl (C=O) groups excluding carboxylic acids is 2. The molecule has 1 aromatic heterocycles. The number of aromatic nitrogens is 2. The molecule has 0 saturated carbocycles. The van der Waals surface area contributed by atoms with Crippen LogP contribution in [0, 0.1) is 0 Å². The Hall–Kier alpha value is -2.09. The molecule has 0 radical (unpaired) electrons. The van der Waals surface area contributed by atoms with Crippen LogP contribution in [0.1, 0.15) is 31.1 Å². The number of hydrogen-bond donors (Lipinski definition) is 3. The third-order valence-corrected chi connectivity index (χ3v) is 2.04. The van der Waals surface area contributed by atoms with E-state index in [1.807, 2.05) is 0 Å². The molecule has 1 heterocycles. The molecule has 0 aromatic carbocycles. The molecule has 19 heavy (non-hydrogen) atoms. The zero-order valence-electron chi connectivity index (χ0n) is 11.1. The molecule has 0 saturated heterocycles. The van der Waals surface area contributed by atoms with Gasteiger partial charge in [0, 0.05) is 0 Å². The van der Waals surface area contributed by atoms with Crippen LogP contribution in [-0.2, 0) is 11.3 Å². The van der Waals surface area contributed by atoms with Crippen LogP contribution in [0.15, 0.2) is 6.20 Å². The Bertz CT molecular complexity index is 476. The Morgan fingerprint density at radius 3 is 2.63 bits per heavy atom. The van der Waals surface area contributed by atoms with Crippen molar-refractivity contribution in [1.29, 1.82) is 0 Å². The molecule has 2 amide bonds. The minimum atomic E-state index is -0.727. The molecule has 0 spiro atoms. The van der Waals surface area contributed by atoms with Gasteiger partial charge >= 0.3 is 6.09 Å². The number of amides is 2. The highest BCUT2D eigenvalue weighted by molar-refractivity contribution is 6.00. The van der Waals surface area contributed by atoms with E-state index >= 15 is 0 Å². The number of rotatable bonds is 4. The summed E-state index contributed by atoms with van der Waals surface area (Å²) >= 11 is 0. The normalized spacial score (nSPS) is 11.2. The number of carbonyl (C=O) groups is 2. The van der Waals surface area contributed by atoms with E-state index in [1.165, 1.54) is 10.9 Å². The average Bonchev–Trinajstić information content (AvgIpc) is 2.59. The monoisotopic (exact) mass is 270 g/mol. The van der Waals surface area contributed by atoms with Crippen LogP contribution in [-0.4, -0.2) is 39.1 Å². The van der Waals surface area contributed by atoms with E-state index in [9.17, 15) is 9.59 Å². The van der Waals surface area contributed by atoms with Crippen LogP contribution in [0.4, 0.5) is 10.6 Å². The van der Waals surface area contributed by atoms with Crippen LogP contribution >= 0.6 is 0 Å². The van der Waals surface area contributed by atoms with Gasteiger partial charge in [-0.05, 0) is 20.8 Å².